The summed E-state index contributed by atoms with van der Waals surface area (Å²) in [6.45, 7) is 8.91. The number of allylic oxidation sites excluding steroid dienone is 1. The first kappa shape index (κ1) is 17.0. The molecule has 0 spiro atoms. The van der Waals surface area contributed by atoms with Gasteiger partial charge in [-0.25, -0.2) is 0 Å². The molecule has 0 saturated heterocycles. The van der Waals surface area contributed by atoms with Gasteiger partial charge in [0.25, 0.3) is 0 Å². The van der Waals surface area contributed by atoms with E-state index in [0.29, 0.717) is 11.8 Å². The van der Waals surface area contributed by atoms with Gasteiger partial charge in [-0.1, -0.05) is 90.0 Å². The molecule has 2 aromatic rings. The third-order valence-electron chi connectivity index (χ3n) is 4.47. The Balaban J connectivity index is 2.13. The number of hydrogen-bond donors (Lipinski definition) is 0. The van der Waals surface area contributed by atoms with E-state index >= 15 is 0 Å². The van der Waals surface area contributed by atoms with Gasteiger partial charge >= 0.3 is 0 Å². The first-order chi connectivity index (χ1) is 10.5. The molecule has 0 bridgehead atoms. The standard InChI is InChI=1S/C21H25Br/c1-15-5-10-20(11-6-15)18(4)16(2)8-12-21-13-19(14-22)9-7-17(21)3/h5-13,16,18H,14H2,1-4H3/b12-8-. The molecular weight excluding hydrogens is 332 g/mol. The lowest BCUT2D eigenvalue weighted by Crippen LogP contribution is -2.03. The van der Waals surface area contributed by atoms with Crippen LogP contribution < -0.4 is 0 Å². The van der Waals surface area contributed by atoms with E-state index in [1.165, 1.54) is 27.8 Å². The highest BCUT2D eigenvalue weighted by Crippen LogP contribution is 2.26. The van der Waals surface area contributed by atoms with Gasteiger partial charge in [-0.15, -0.1) is 0 Å². The molecule has 0 saturated carbocycles. The van der Waals surface area contributed by atoms with Crippen molar-refractivity contribution in [3.05, 3.63) is 76.4 Å². The molecule has 2 aromatic carbocycles. The Hall–Kier alpha value is -1.34. The highest BCUT2D eigenvalue weighted by atomic mass is 79.9. The van der Waals surface area contributed by atoms with E-state index in [4.69, 9.17) is 0 Å². The third-order valence-corrected chi connectivity index (χ3v) is 5.12. The lowest BCUT2D eigenvalue weighted by molar-refractivity contribution is 0.593. The van der Waals surface area contributed by atoms with E-state index in [-0.39, 0.29) is 0 Å². The van der Waals surface area contributed by atoms with Crippen molar-refractivity contribution < 1.29 is 0 Å². The fourth-order valence-electron chi connectivity index (χ4n) is 2.55. The molecule has 0 radical (unpaired) electrons. The van der Waals surface area contributed by atoms with Crippen molar-refractivity contribution in [3.63, 3.8) is 0 Å². The molecule has 0 heterocycles. The summed E-state index contributed by atoms with van der Waals surface area (Å²) in [6, 6.07) is 15.5. The lowest BCUT2D eigenvalue weighted by Gasteiger charge is -2.17. The van der Waals surface area contributed by atoms with Crippen LogP contribution in [-0.2, 0) is 5.33 Å². The van der Waals surface area contributed by atoms with Crippen molar-refractivity contribution in [1.29, 1.82) is 0 Å². The van der Waals surface area contributed by atoms with Crippen molar-refractivity contribution in [2.75, 3.05) is 0 Å². The molecule has 2 rings (SSSR count). The average Bonchev–Trinajstić information content (AvgIpc) is 2.54. The summed E-state index contributed by atoms with van der Waals surface area (Å²) in [7, 11) is 0. The third kappa shape index (κ3) is 4.33. The summed E-state index contributed by atoms with van der Waals surface area (Å²) in [6.07, 6.45) is 4.61. The molecule has 0 aliphatic carbocycles. The minimum Gasteiger partial charge on any atom is -0.0876 e. The normalized spacial score (nSPS) is 14.2. The van der Waals surface area contributed by atoms with Gasteiger partial charge in [-0.3, -0.25) is 0 Å². The first-order valence-electron chi connectivity index (χ1n) is 7.91. The summed E-state index contributed by atoms with van der Waals surface area (Å²) in [5, 5.41) is 0.906. The topological polar surface area (TPSA) is 0 Å². The van der Waals surface area contributed by atoms with Crippen molar-refractivity contribution >= 4 is 22.0 Å². The number of alkyl halides is 1. The van der Waals surface area contributed by atoms with Crippen LogP contribution in [0.2, 0.25) is 0 Å². The quantitative estimate of drug-likeness (QED) is 0.526. The molecule has 0 aliphatic rings. The highest BCUT2D eigenvalue weighted by molar-refractivity contribution is 9.08. The summed E-state index contributed by atoms with van der Waals surface area (Å²) in [4.78, 5) is 0. The fraction of sp³-hybridized carbons (Fsp3) is 0.333. The Morgan fingerprint density at radius 2 is 1.68 bits per heavy atom. The first-order valence-corrected chi connectivity index (χ1v) is 9.03. The average molecular weight is 357 g/mol. The predicted octanol–water partition coefficient (Wildman–Crippen LogP) is 6.65. The molecule has 0 amide bonds. The number of benzene rings is 2. The van der Waals surface area contributed by atoms with Gasteiger partial charge in [0.1, 0.15) is 0 Å². The molecule has 2 atom stereocenters. The Morgan fingerprint density at radius 1 is 1.00 bits per heavy atom. The van der Waals surface area contributed by atoms with Crippen LogP contribution in [0, 0.1) is 19.8 Å². The van der Waals surface area contributed by atoms with Crippen molar-refractivity contribution in [1.82, 2.24) is 0 Å². The van der Waals surface area contributed by atoms with E-state index in [1.807, 2.05) is 0 Å². The van der Waals surface area contributed by atoms with E-state index in [2.05, 4.69) is 98.2 Å². The second-order valence-corrected chi connectivity index (χ2v) is 6.80. The molecular formula is C21H25Br. The van der Waals surface area contributed by atoms with Gasteiger partial charge in [0, 0.05) is 5.33 Å². The van der Waals surface area contributed by atoms with Crippen molar-refractivity contribution in [3.8, 4) is 0 Å². The number of hydrogen-bond acceptors (Lipinski definition) is 0. The zero-order valence-corrected chi connectivity index (χ0v) is 15.5. The van der Waals surface area contributed by atoms with Gasteiger partial charge in [-0.2, -0.15) is 0 Å². The van der Waals surface area contributed by atoms with Crippen LogP contribution in [0.3, 0.4) is 0 Å². The lowest BCUT2D eigenvalue weighted by atomic mass is 9.88. The molecule has 0 fully saturated rings. The van der Waals surface area contributed by atoms with Crippen LogP contribution in [0.15, 0.2) is 48.5 Å². The second kappa shape index (κ2) is 7.78. The van der Waals surface area contributed by atoms with Crippen LogP contribution in [0.1, 0.15) is 47.6 Å². The maximum atomic E-state index is 3.53. The van der Waals surface area contributed by atoms with Crippen LogP contribution in [0.5, 0.6) is 0 Å². The second-order valence-electron chi connectivity index (χ2n) is 6.24. The number of rotatable bonds is 5. The fourth-order valence-corrected chi connectivity index (χ4v) is 2.90. The molecule has 1 heteroatoms. The van der Waals surface area contributed by atoms with Crippen molar-refractivity contribution in [2.24, 2.45) is 5.92 Å². The van der Waals surface area contributed by atoms with Crippen LogP contribution >= 0.6 is 15.9 Å². The molecule has 0 aliphatic heterocycles. The molecule has 0 N–H and O–H groups in total. The smallest absolute Gasteiger partial charge is 0.0283 e. The van der Waals surface area contributed by atoms with E-state index in [9.17, 15) is 0 Å². The van der Waals surface area contributed by atoms with Gasteiger partial charge in [-0.05, 0) is 47.9 Å². The molecule has 22 heavy (non-hydrogen) atoms. The van der Waals surface area contributed by atoms with Crippen LogP contribution in [0.25, 0.3) is 6.08 Å². The van der Waals surface area contributed by atoms with Crippen LogP contribution in [-0.4, -0.2) is 0 Å². The van der Waals surface area contributed by atoms with E-state index in [1.54, 1.807) is 0 Å². The molecule has 0 aromatic heterocycles. The van der Waals surface area contributed by atoms with Gasteiger partial charge < -0.3 is 0 Å². The highest BCUT2D eigenvalue weighted by Gasteiger charge is 2.11. The van der Waals surface area contributed by atoms with E-state index < -0.39 is 0 Å². The minimum atomic E-state index is 0.509. The molecule has 0 nitrogen and oxygen atoms in total. The Kier molecular flexibility index (Phi) is 6.02. The predicted molar refractivity (Wildman–Crippen MR) is 102 cm³/mol. The SMILES string of the molecule is Cc1ccc(C(C)C(C)/C=C\c2cc(CBr)ccc2C)cc1. The van der Waals surface area contributed by atoms with Crippen LogP contribution in [0.4, 0.5) is 0 Å². The number of halogens is 1. The van der Waals surface area contributed by atoms with Gasteiger partial charge in [0.15, 0.2) is 0 Å². The Labute approximate surface area is 143 Å². The zero-order chi connectivity index (χ0) is 16.1. The largest absolute Gasteiger partial charge is 0.0876 e. The minimum absolute atomic E-state index is 0.509. The number of aryl methyl sites for hydroxylation is 2. The summed E-state index contributed by atoms with van der Waals surface area (Å²) in [5.41, 5.74) is 6.70. The Bertz CT molecular complexity index is 637. The Morgan fingerprint density at radius 3 is 2.32 bits per heavy atom. The maximum absolute atomic E-state index is 3.53. The summed E-state index contributed by atoms with van der Waals surface area (Å²) >= 11 is 3.53. The van der Waals surface area contributed by atoms with Gasteiger partial charge in [0.2, 0.25) is 0 Å². The summed E-state index contributed by atoms with van der Waals surface area (Å²) in [5.74, 6) is 1.03. The van der Waals surface area contributed by atoms with Gasteiger partial charge in [0.05, 0.1) is 0 Å². The van der Waals surface area contributed by atoms with E-state index in [0.717, 1.165) is 5.33 Å². The maximum Gasteiger partial charge on any atom is 0.0283 e. The molecule has 116 valence electrons. The monoisotopic (exact) mass is 356 g/mol. The zero-order valence-electron chi connectivity index (χ0n) is 13.9. The molecule has 2 unspecified atom stereocenters. The summed E-state index contributed by atoms with van der Waals surface area (Å²) < 4.78 is 0. The van der Waals surface area contributed by atoms with Crippen molar-refractivity contribution in [2.45, 2.75) is 38.9 Å².